The van der Waals surface area contributed by atoms with E-state index in [4.69, 9.17) is 0 Å². The van der Waals surface area contributed by atoms with Crippen molar-refractivity contribution < 1.29 is 14.4 Å². The van der Waals surface area contributed by atoms with Crippen LogP contribution in [0.15, 0.2) is 0 Å². The van der Waals surface area contributed by atoms with Crippen LogP contribution < -0.4 is 22.1 Å². The minimum Gasteiger partial charge on any atom is -0.350 e. The minimum absolute atomic E-state index is 0.707. The van der Waals surface area contributed by atoms with Crippen molar-refractivity contribution in [2.45, 2.75) is 0 Å². The zero-order valence-corrected chi connectivity index (χ0v) is 5.30. The molecule has 5 N–H and O–H groups in total. The summed E-state index contributed by atoms with van der Waals surface area (Å²) in [5.74, 6) is 0. The molecule has 4 amide bonds. The molecule has 0 aliphatic heterocycles. The van der Waals surface area contributed by atoms with Gasteiger partial charge in [-0.15, -0.1) is 0 Å². The lowest BCUT2D eigenvalue weighted by Gasteiger charge is -2.03. The van der Waals surface area contributed by atoms with Gasteiger partial charge in [-0.25, -0.2) is 25.9 Å². The average molecular weight is 148 g/mol. The van der Waals surface area contributed by atoms with E-state index in [1.165, 1.54) is 7.11 Å². The molecule has 0 rings (SSSR count). The second-order valence-electron chi connectivity index (χ2n) is 1.25. The highest BCUT2D eigenvalue weighted by atomic mass is 16.6. The molecule has 0 spiro atoms. The van der Waals surface area contributed by atoms with E-state index in [9.17, 15) is 9.59 Å². The van der Waals surface area contributed by atoms with E-state index in [1.54, 1.807) is 0 Å². The molecule has 7 nitrogen and oxygen atoms in total. The predicted octanol–water partition coefficient (Wildman–Crippen LogP) is -1.57. The molecule has 0 atom stereocenters. The molecule has 0 saturated carbocycles. The van der Waals surface area contributed by atoms with E-state index in [1.807, 2.05) is 16.3 Å². The fraction of sp³-hybridized carbons (Fsp3) is 0.333. The van der Waals surface area contributed by atoms with Crippen LogP contribution in [0.5, 0.6) is 0 Å². The van der Waals surface area contributed by atoms with E-state index in [0.29, 0.717) is 0 Å². The molecule has 0 heterocycles. The Kier molecular flexibility index (Phi) is 3.73. The quantitative estimate of drug-likeness (QED) is 0.337. The lowest BCUT2D eigenvalue weighted by atomic mass is 11.0. The van der Waals surface area contributed by atoms with E-state index in [2.05, 4.69) is 10.6 Å². The van der Waals surface area contributed by atoms with Crippen molar-refractivity contribution in [2.24, 2.45) is 5.73 Å². The lowest BCUT2D eigenvalue weighted by Crippen LogP contribution is -2.48. The zero-order valence-electron chi connectivity index (χ0n) is 5.30. The second-order valence-corrected chi connectivity index (χ2v) is 1.25. The molecule has 0 aromatic rings. The van der Waals surface area contributed by atoms with E-state index < -0.39 is 12.1 Å². The fourth-order valence-electron chi connectivity index (χ4n) is 0.237. The highest BCUT2D eigenvalue weighted by Crippen LogP contribution is 1.58. The van der Waals surface area contributed by atoms with Gasteiger partial charge in [-0.1, -0.05) is 0 Å². The summed E-state index contributed by atoms with van der Waals surface area (Å²) in [6.45, 7) is 0. The van der Waals surface area contributed by atoms with Crippen LogP contribution in [0.2, 0.25) is 0 Å². The molecular formula is C3H8N4O3. The summed E-state index contributed by atoms with van der Waals surface area (Å²) < 4.78 is 0. The molecule has 10 heavy (non-hydrogen) atoms. The molecule has 0 aromatic carbocycles. The minimum atomic E-state index is -0.855. The van der Waals surface area contributed by atoms with Crippen LogP contribution >= 0.6 is 0 Å². The number of urea groups is 2. The summed E-state index contributed by atoms with van der Waals surface area (Å²) in [5.41, 5.74) is 10.2. The molecule has 0 aromatic heterocycles. The molecule has 0 aliphatic rings. The number of nitrogens with one attached hydrogen (secondary N) is 3. The van der Waals surface area contributed by atoms with Gasteiger partial charge in [0.05, 0.1) is 7.11 Å². The molecule has 0 radical (unpaired) electrons. The summed E-state index contributed by atoms with van der Waals surface area (Å²) in [5, 5.41) is 0. The monoisotopic (exact) mass is 148 g/mol. The Morgan fingerprint density at radius 2 is 2.00 bits per heavy atom. The number of hydrogen-bond acceptors (Lipinski definition) is 3. The Morgan fingerprint density at radius 3 is 2.40 bits per heavy atom. The first-order valence-electron chi connectivity index (χ1n) is 2.31. The number of amides is 4. The maximum absolute atomic E-state index is 10.3. The largest absolute Gasteiger partial charge is 0.357 e. The molecular weight excluding hydrogens is 140 g/mol. The molecule has 0 saturated heterocycles. The smallest absolute Gasteiger partial charge is 0.350 e. The Labute approximate surface area is 56.8 Å². The number of carbonyl (C=O) groups excluding carboxylic acids is 2. The first-order chi connectivity index (χ1) is 4.66. The Hall–Kier alpha value is -1.50. The van der Waals surface area contributed by atoms with Crippen LogP contribution in [-0.2, 0) is 4.84 Å². The number of rotatable bonds is 1. The van der Waals surface area contributed by atoms with Crippen LogP contribution in [0.4, 0.5) is 9.59 Å². The molecule has 0 aliphatic carbocycles. The van der Waals surface area contributed by atoms with Crippen molar-refractivity contribution in [3.63, 3.8) is 0 Å². The third-order valence-electron chi connectivity index (χ3n) is 0.494. The van der Waals surface area contributed by atoms with Crippen LogP contribution in [0, 0.1) is 0 Å². The van der Waals surface area contributed by atoms with Gasteiger partial charge in [0.2, 0.25) is 0 Å². The van der Waals surface area contributed by atoms with Crippen molar-refractivity contribution in [2.75, 3.05) is 7.11 Å². The van der Waals surface area contributed by atoms with E-state index in [-0.39, 0.29) is 0 Å². The molecule has 7 heteroatoms. The third kappa shape index (κ3) is 4.65. The maximum atomic E-state index is 10.3. The van der Waals surface area contributed by atoms with Gasteiger partial charge in [-0.05, 0) is 0 Å². The van der Waals surface area contributed by atoms with Crippen LogP contribution in [0.25, 0.3) is 0 Å². The van der Waals surface area contributed by atoms with E-state index in [0.717, 1.165) is 0 Å². The maximum Gasteiger partial charge on any atom is 0.357 e. The second kappa shape index (κ2) is 4.39. The highest BCUT2D eigenvalue weighted by molar-refractivity contribution is 5.78. The summed E-state index contributed by atoms with van der Waals surface area (Å²) >= 11 is 0. The van der Waals surface area contributed by atoms with Gasteiger partial charge in [0.1, 0.15) is 0 Å². The topological polar surface area (TPSA) is 105 Å². The highest BCUT2D eigenvalue weighted by Gasteiger charge is 1.96. The number of hydrogen-bond donors (Lipinski definition) is 4. The molecule has 0 bridgehead atoms. The average Bonchev–Trinajstić information content (AvgIpc) is 1.85. The van der Waals surface area contributed by atoms with Crippen LogP contribution in [-0.4, -0.2) is 19.2 Å². The van der Waals surface area contributed by atoms with Crippen molar-refractivity contribution in [1.29, 1.82) is 0 Å². The number of primary amides is 1. The third-order valence-corrected chi connectivity index (χ3v) is 0.494. The number of nitrogens with two attached hydrogens (primary N) is 1. The van der Waals surface area contributed by atoms with Crippen molar-refractivity contribution >= 4 is 12.1 Å². The number of hydroxylamine groups is 1. The first kappa shape index (κ1) is 8.50. The van der Waals surface area contributed by atoms with Gasteiger partial charge in [-0.3, -0.25) is 4.84 Å². The van der Waals surface area contributed by atoms with Crippen LogP contribution in [0.1, 0.15) is 0 Å². The van der Waals surface area contributed by atoms with Gasteiger partial charge >= 0.3 is 12.1 Å². The number of hydrazine groups is 1. The van der Waals surface area contributed by atoms with E-state index >= 15 is 0 Å². The van der Waals surface area contributed by atoms with Gasteiger partial charge in [-0.2, -0.15) is 0 Å². The Morgan fingerprint density at radius 1 is 1.40 bits per heavy atom. The summed E-state index contributed by atoms with van der Waals surface area (Å²) in [6, 6.07) is -1.56. The lowest BCUT2D eigenvalue weighted by molar-refractivity contribution is 0.106. The number of carbonyl (C=O) groups is 2. The Balaban J connectivity index is 3.30. The summed E-state index contributed by atoms with van der Waals surface area (Å²) in [6.07, 6.45) is 0. The first-order valence-corrected chi connectivity index (χ1v) is 2.31. The standard InChI is InChI=1S/C3H8N4O3/c1-10-7-3(9)6-5-2(4)8/h1H3,(H3,4,5,8)(H2,6,7,9). The van der Waals surface area contributed by atoms with Gasteiger partial charge in [0.15, 0.2) is 0 Å². The van der Waals surface area contributed by atoms with Crippen molar-refractivity contribution in [1.82, 2.24) is 16.3 Å². The SMILES string of the molecule is CONC(=O)NNC(N)=O. The summed E-state index contributed by atoms with van der Waals surface area (Å²) in [7, 11) is 1.25. The van der Waals surface area contributed by atoms with Crippen LogP contribution in [0.3, 0.4) is 0 Å². The van der Waals surface area contributed by atoms with Crippen molar-refractivity contribution in [3.05, 3.63) is 0 Å². The Bertz CT molecular complexity index is 136. The molecule has 0 unspecified atom stereocenters. The van der Waals surface area contributed by atoms with Gasteiger partial charge in [0, 0.05) is 0 Å². The molecule has 58 valence electrons. The van der Waals surface area contributed by atoms with Gasteiger partial charge in [0.25, 0.3) is 0 Å². The summed E-state index contributed by atoms with van der Waals surface area (Å²) in [4.78, 5) is 24.4. The molecule has 0 fully saturated rings. The van der Waals surface area contributed by atoms with Gasteiger partial charge < -0.3 is 5.73 Å². The fourth-order valence-corrected chi connectivity index (χ4v) is 0.237. The predicted molar refractivity (Wildman–Crippen MR) is 31.4 cm³/mol. The normalized spacial score (nSPS) is 8.10. The van der Waals surface area contributed by atoms with Crippen molar-refractivity contribution in [3.8, 4) is 0 Å². The zero-order chi connectivity index (χ0) is 7.98.